The molecular formula is C69H131NO10. The Kier molecular flexibility index (Phi) is 56.1. The molecular weight excluding hydrogens is 1000 g/mol. The Labute approximate surface area is 492 Å². The zero-order valence-electron chi connectivity index (χ0n) is 52.3. The molecule has 0 radical (unpaired) electrons. The van der Waals surface area contributed by atoms with Gasteiger partial charge < -0.3 is 45.1 Å². The number of carbonyl (C=O) groups excluding carboxylic acids is 2. The molecule has 11 nitrogen and oxygen atoms in total. The number of aliphatic hydroxyl groups is 5. The minimum absolute atomic E-state index is 0.00342. The molecule has 0 aromatic carbocycles. The van der Waals surface area contributed by atoms with Gasteiger partial charge in [-0.05, 0) is 57.8 Å². The molecule has 0 aliphatic carbocycles. The summed E-state index contributed by atoms with van der Waals surface area (Å²) in [7, 11) is 0. The highest BCUT2D eigenvalue weighted by Crippen LogP contribution is 2.23. The molecule has 7 unspecified atom stereocenters. The van der Waals surface area contributed by atoms with E-state index in [9.17, 15) is 35.1 Å². The number of allylic oxidation sites excluding steroid dienone is 3. The Morgan fingerprint density at radius 1 is 0.450 bits per heavy atom. The van der Waals surface area contributed by atoms with Gasteiger partial charge in [-0.25, -0.2) is 0 Å². The minimum Gasteiger partial charge on any atom is -0.466 e. The summed E-state index contributed by atoms with van der Waals surface area (Å²) in [6, 6.07) is -0.807. The number of amides is 1. The fourth-order valence-electron chi connectivity index (χ4n) is 11.1. The largest absolute Gasteiger partial charge is 0.466 e. The van der Waals surface area contributed by atoms with Crippen LogP contribution in [-0.4, -0.2) is 100 Å². The number of esters is 1. The van der Waals surface area contributed by atoms with Crippen LogP contribution in [0.25, 0.3) is 0 Å². The summed E-state index contributed by atoms with van der Waals surface area (Å²) in [5, 5.41) is 54.3. The summed E-state index contributed by atoms with van der Waals surface area (Å²) in [4.78, 5) is 25.1. The van der Waals surface area contributed by atoms with Crippen LogP contribution in [0.2, 0.25) is 0 Å². The van der Waals surface area contributed by atoms with E-state index in [1.165, 1.54) is 257 Å². The topological polar surface area (TPSA) is 175 Å². The quantitative estimate of drug-likeness (QED) is 0.0195. The summed E-state index contributed by atoms with van der Waals surface area (Å²) in [5.41, 5.74) is 0. The Bertz CT molecular complexity index is 1380. The van der Waals surface area contributed by atoms with Gasteiger partial charge in [-0.15, -0.1) is 0 Å². The van der Waals surface area contributed by atoms with Crippen LogP contribution in [0.5, 0.6) is 0 Å². The van der Waals surface area contributed by atoms with E-state index in [2.05, 4.69) is 31.3 Å². The standard InChI is InChI=1S/C69H131NO10/c1-3-5-7-9-11-13-14-15-16-17-28-31-34-37-41-45-49-53-57-65(74)78-58-54-50-46-42-38-35-32-29-26-24-22-20-18-19-21-23-25-27-30-33-36-40-44-48-52-56-64(73)70-61(62(72)55-51-47-43-39-12-10-8-6-4-2)60-79-69-68(77)67(76)66(75)63(59-71)80-69/h16-17,51,55,61-63,66-69,71-72,75-77H,3-15,18-50,52-54,56-60H2,1-2H3,(H,70,73)/b17-16-,55-51+. The van der Waals surface area contributed by atoms with Crippen molar-refractivity contribution in [1.29, 1.82) is 0 Å². The van der Waals surface area contributed by atoms with Gasteiger partial charge in [0.05, 0.1) is 32.0 Å². The first kappa shape index (κ1) is 76.2. The van der Waals surface area contributed by atoms with Crippen molar-refractivity contribution in [3.05, 3.63) is 24.3 Å². The van der Waals surface area contributed by atoms with E-state index in [0.717, 1.165) is 57.8 Å². The van der Waals surface area contributed by atoms with E-state index in [1.54, 1.807) is 6.08 Å². The van der Waals surface area contributed by atoms with Gasteiger partial charge in [0.2, 0.25) is 5.91 Å². The van der Waals surface area contributed by atoms with Crippen molar-refractivity contribution in [2.45, 2.75) is 384 Å². The molecule has 1 amide bonds. The smallest absolute Gasteiger partial charge is 0.305 e. The van der Waals surface area contributed by atoms with Crippen LogP contribution < -0.4 is 5.32 Å². The number of unbranched alkanes of at least 4 members (excludes halogenated alkanes) is 45. The van der Waals surface area contributed by atoms with Gasteiger partial charge in [0.25, 0.3) is 0 Å². The number of hydrogen-bond donors (Lipinski definition) is 6. The second-order valence-electron chi connectivity index (χ2n) is 24.2. The van der Waals surface area contributed by atoms with Gasteiger partial charge >= 0.3 is 5.97 Å². The van der Waals surface area contributed by atoms with Gasteiger partial charge in [0.15, 0.2) is 6.29 Å². The monoisotopic (exact) mass is 1130 g/mol. The fraction of sp³-hybridized carbons (Fsp3) is 0.913. The zero-order chi connectivity index (χ0) is 58.0. The predicted molar refractivity (Wildman–Crippen MR) is 334 cm³/mol. The maximum atomic E-state index is 13.0. The average molecular weight is 1130 g/mol. The molecule has 1 saturated heterocycles. The van der Waals surface area contributed by atoms with E-state index in [1.807, 2.05) is 6.08 Å². The Morgan fingerprint density at radius 2 is 0.800 bits per heavy atom. The first-order valence-electron chi connectivity index (χ1n) is 34.6. The maximum Gasteiger partial charge on any atom is 0.305 e. The summed E-state index contributed by atoms with van der Waals surface area (Å²) in [6.07, 6.45) is 63.2. The number of nitrogens with one attached hydrogen (secondary N) is 1. The van der Waals surface area contributed by atoms with Crippen molar-refractivity contribution >= 4 is 11.9 Å². The van der Waals surface area contributed by atoms with Crippen molar-refractivity contribution in [1.82, 2.24) is 5.32 Å². The number of rotatable bonds is 61. The number of carbonyl (C=O) groups is 2. The zero-order valence-corrected chi connectivity index (χ0v) is 52.3. The lowest BCUT2D eigenvalue weighted by Crippen LogP contribution is -2.60. The lowest BCUT2D eigenvalue weighted by atomic mass is 9.99. The van der Waals surface area contributed by atoms with E-state index >= 15 is 0 Å². The third kappa shape index (κ3) is 47.5. The maximum absolute atomic E-state index is 13.0. The highest BCUT2D eigenvalue weighted by Gasteiger charge is 2.44. The third-order valence-corrected chi connectivity index (χ3v) is 16.6. The summed E-state index contributed by atoms with van der Waals surface area (Å²) in [6.45, 7) is 4.34. The summed E-state index contributed by atoms with van der Waals surface area (Å²) in [5.74, 6) is -0.177. The molecule has 1 aliphatic rings. The van der Waals surface area contributed by atoms with Gasteiger partial charge in [-0.3, -0.25) is 9.59 Å². The molecule has 7 atom stereocenters. The van der Waals surface area contributed by atoms with Crippen LogP contribution in [0.15, 0.2) is 24.3 Å². The van der Waals surface area contributed by atoms with Gasteiger partial charge in [0.1, 0.15) is 24.4 Å². The second kappa shape index (κ2) is 58.9. The van der Waals surface area contributed by atoms with Crippen LogP contribution in [0.1, 0.15) is 341 Å². The third-order valence-electron chi connectivity index (χ3n) is 16.6. The van der Waals surface area contributed by atoms with E-state index < -0.39 is 49.5 Å². The van der Waals surface area contributed by atoms with Gasteiger partial charge in [-0.1, -0.05) is 295 Å². The molecule has 1 heterocycles. The molecule has 80 heavy (non-hydrogen) atoms. The molecule has 1 fully saturated rings. The van der Waals surface area contributed by atoms with Crippen LogP contribution in [0.3, 0.4) is 0 Å². The van der Waals surface area contributed by atoms with Gasteiger partial charge in [-0.2, -0.15) is 0 Å². The molecule has 1 rings (SSSR count). The first-order valence-corrected chi connectivity index (χ1v) is 34.6. The average Bonchev–Trinajstić information content (AvgIpc) is 3.46. The van der Waals surface area contributed by atoms with E-state index in [4.69, 9.17) is 14.2 Å². The highest BCUT2D eigenvalue weighted by molar-refractivity contribution is 5.76. The molecule has 1 aliphatic heterocycles. The van der Waals surface area contributed by atoms with Crippen molar-refractivity contribution in [2.75, 3.05) is 19.8 Å². The molecule has 11 heteroatoms. The van der Waals surface area contributed by atoms with Crippen LogP contribution in [-0.2, 0) is 23.8 Å². The molecule has 0 spiro atoms. The molecule has 472 valence electrons. The van der Waals surface area contributed by atoms with E-state index in [-0.39, 0.29) is 18.5 Å². The molecule has 6 N–H and O–H groups in total. The fourth-order valence-corrected chi connectivity index (χ4v) is 11.1. The first-order chi connectivity index (χ1) is 39.2. The molecule has 0 aromatic heterocycles. The second-order valence-corrected chi connectivity index (χ2v) is 24.2. The molecule has 0 aromatic rings. The van der Waals surface area contributed by atoms with Gasteiger partial charge in [0, 0.05) is 12.8 Å². The molecule has 0 bridgehead atoms. The Morgan fingerprint density at radius 3 is 1.20 bits per heavy atom. The number of aliphatic hydroxyl groups excluding tert-OH is 5. The lowest BCUT2D eigenvalue weighted by Gasteiger charge is -2.40. The van der Waals surface area contributed by atoms with Crippen LogP contribution in [0, 0.1) is 0 Å². The predicted octanol–water partition coefficient (Wildman–Crippen LogP) is 17.2. The Hall–Kier alpha value is -1.86. The van der Waals surface area contributed by atoms with Crippen molar-refractivity contribution in [3.63, 3.8) is 0 Å². The summed E-state index contributed by atoms with van der Waals surface area (Å²) < 4.78 is 16.7. The minimum atomic E-state index is -1.57. The lowest BCUT2D eigenvalue weighted by molar-refractivity contribution is -0.302. The number of ether oxygens (including phenoxy) is 3. The van der Waals surface area contributed by atoms with Crippen molar-refractivity contribution in [2.24, 2.45) is 0 Å². The molecule has 0 saturated carbocycles. The van der Waals surface area contributed by atoms with Crippen LogP contribution in [0.4, 0.5) is 0 Å². The van der Waals surface area contributed by atoms with Crippen molar-refractivity contribution in [3.8, 4) is 0 Å². The SMILES string of the molecule is CCCCCCCCC/C=C\CCCCCCCCCC(=O)OCCCCCCCCCCCCCCCCCCCCCCCCCCCC(=O)NC(COC1OC(CO)C(O)C(O)C1O)C(O)/C=C/CCCCCCCCC. The number of hydrogen-bond acceptors (Lipinski definition) is 10. The Balaban J connectivity index is 1.91. The van der Waals surface area contributed by atoms with E-state index in [0.29, 0.717) is 19.4 Å². The highest BCUT2D eigenvalue weighted by atomic mass is 16.7. The normalized spacial score (nSPS) is 18.4. The van der Waals surface area contributed by atoms with Crippen molar-refractivity contribution < 1.29 is 49.3 Å². The summed E-state index contributed by atoms with van der Waals surface area (Å²) >= 11 is 0. The van der Waals surface area contributed by atoms with Crippen LogP contribution >= 0.6 is 0 Å².